The molecule has 0 radical (unpaired) electrons. The van der Waals surface area contributed by atoms with Crippen LogP contribution in [0.15, 0.2) is 114 Å². The molecule has 1 nitrogen and oxygen atoms in total. The Balaban J connectivity index is 1.71. The molecule has 1 aliphatic rings. The van der Waals surface area contributed by atoms with Gasteiger partial charge in [0.25, 0.3) is 0 Å². The normalized spacial score (nSPS) is 16.5. The molecular formula is C32H21BrClN. The van der Waals surface area contributed by atoms with Crippen LogP contribution in [0.4, 0.5) is 0 Å². The second-order valence-corrected chi connectivity index (χ2v) is 10.7. The van der Waals surface area contributed by atoms with Crippen LogP contribution in [0.5, 0.6) is 0 Å². The summed E-state index contributed by atoms with van der Waals surface area (Å²) in [6, 6.07) is 38.9. The molecule has 0 aliphatic heterocycles. The van der Waals surface area contributed by atoms with Crippen LogP contribution in [-0.2, 0) is 5.41 Å². The summed E-state index contributed by atoms with van der Waals surface area (Å²) in [6.45, 7) is 2.35. The lowest BCUT2D eigenvalue weighted by atomic mass is 9.74. The summed E-state index contributed by atoms with van der Waals surface area (Å²) in [7, 11) is 0. The largest absolute Gasteiger partial charge is 0.307 e. The Morgan fingerprint density at radius 3 is 2.29 bits per heavy atom. The topological polar surface area (TPSA) is 4.93 Å². The van der Waals surface area contributed by atoms with E-state index in [2.05, 4.69) is 124 Å². The second kappa shape index (κ2) is 7.58. The molecule has 0 N–H and O–H groups in total. The van der Waals surface area contributed by atoms with Gasteiger partial charge >= 0.3 is 0 Å². The number of hydrogen-bond acceptors (Lipinski definition) is 0. The van der Waals surface area contributed by atoms with Crippen LogP contribution in [-0.4, -0.2) is 4.57 Å². The van der Waals surface area contributed by atoms with Crippen molar-refractivity contribution < 1.29 is 0 Å². The van der Waals surface area contributed by atoms with Gasteiger partial charge in [-0.3, -0.25) is 0 Å². The third-order valence-corrected chi connectivity index (χ3v) is 8.42. The molecule has 7 rings (SSSR count). The highest BCUT2D eigenvalue weighted by atomic mass is 79.9. The van der Waals surface area contributed by atoms with Crippen molar-refractivity contribution in [1.82, 2.24) is 4.57 Å². The minimum atomic E-state index is -0.272. The molecule has 6 aromatic rings. The number of fused-ring (bicyclic) bond motifs is 7. The van der Waals surface area contributed by atoms with Crippen LogP contribution >= 0.6 is 27.5 Å². The van der Waals surface area contributed by atoms with E-state index in [1.165, 1.54) is 44.1 Å². The summed E-state index contributed by atoms with van der Waals surface area (Å²) in [5.41, 5.74) is 9.58. The molecule has 1 atom stereocenters. The van der Waals surface area contributed by atoms with Crippen molar-refractivity contribution >= 4 is 49.3 Å². The molecule has 1 unspecified atom stereocenters. The molecule has 0 spiro atoms. The molecule has 0 saturated heterocycles. The van der Waals surface area contributed by atoms with Gasteiger partial charge < -0.3 is 4.57 Å². The first-order chi connectivity index (χ1) is 17.1. The Bertz CT molecular complexity index is 1780. The van der Waals surface area contributed by atoms with Gasteiger partial charge in [0, 0.05) is 26.2 Å². The highest BCUT2D eigenvalue weighted by Crippen LogP contribution is 2.56. The molecular weight excluding hydrogens is 514 g/mol. The summed E-state index contributed by atoms with van der Waals surface area (Å²) in [5.74, 6) is 0. The first-order valence-electron chi connectivity index (χ1n) is 11.8. The molecule has 1 aromatic heterocycles. The fraction of sp³-hybridized carbons (Fsp3) is 0.0625. The Morgan fingerprint density at radius 2 is 1.46 bits per heavy atom. The van der Waals surface area contributed by atoms with Crippen molar-refractivity contribution in [1.29, 1.82) is 0 Å². The van der Waals surface area contributed by atoms with Crippen LogP contribution in [0.2, 0.25) is 5.02 Å². The van der Waals surface area contributed by atoms with Crippen molar-refractivity contribution in [3.8, 4) is 16.8 Å². The van der Waals surface area contributed by atoms with Gasteiger partial charge in [0.15, 0.2) is 0 Å². The molecule has 3 heteroatoms. The van der Waals surface area contributed by atoms with Crippen molar-refractivity contribution in [2.24, 2.45) is 0 Å². The molecule has 0 amide bonds. The minimum Gasteiger partial charge on any atom is -0.307 e. The fourth-order valence-electron chi connectivity index (χ4n) is 6.01. The molecule has 1 aliphatic carbocycles. The Labute approximate surface area is 217 Å². The average Bonchev–Trinajstić information content (AvgIpc) is 3.35. The van der Waals surface area contributed by atoms with Crippen LogP contribution in [0.25, 0.3) is 38.6 Å². The zero-order valence-corrected chi connectivity index (χ0v) is 21.4. The van der Waals surface area contributed by atoms with Gasteiger partial charge in [-0.05, 0) is 59.5 Å². The molecule has 0 fully saturated rings. The van der Waals surface area contributed by atoms with E-state index in [4.69, 9.17) is 11.6 Å². The van der Waals surface area contributed by atoms with Gasteiger partial charge in [0.2, 0.25) is 0 Å². The Kier molecular flexibility index (Phi) is 4.55. The van der Waals surface area contributed by atoms with Gasteiger partial charge in [0.05, 0.1) is 21.7 Å². The van der Waals surface area contributed by atoms with Gasteiger partial charge in [-0.1, -0.05) is 106 Å². The van der Waals surface area contributed by atoms with Crippen molar-refractivity contribution in [2.45, 2.75) is 12.3 Å². The van der Waals surface area contributed by atoms with E-state index < -0.39 is 0 Å². The molecule has 35 heavy (non-hydrogen) atoms. The van der Waals surface area contributed by atoms with E-state index in [1.807, 2.05) is 12.1 Å². The quantitative estimate of drug-likeness (QED) is 0.208. The molecule has 0 bridgehead atoms. The van der Waals surface area contributed by atoms with E-state index in [9.17, 15) is 0 Å². The van der Waals surface area contributed by atoms with Gasteiger partial charge in [-0.2, -0.15) is 0 Å². The molecule has 1 heterocycles. The Hall–Kier alpha value is -3.33. The predicted molar refractivity (Wildman–Crippen MR) is 151 cm³/mol. The van der Waals surface area contributed by atoms with E-state index in [0.717, 1.165) is 20.7 Å². The van der Waals surface area contributed by atoms with Crippen LogP contribution in [0.1, 0.15) is 23.6 Å². The maximum absolute atomic E-state index is 6.81. The number of para-hydroxylation sites is 2. The summed E-state index contributed by atoms with van der Waals surface area (Å²) in [6.07, 6.45) is 0. The van der Waals surface area contributed by atoms with E-state index in [1.54, 1.807) is 0 Å². The molecule has 5 aromatic carbocycles. The third kappa shape index (κ3) is 2.81. The zero-order valence-electron chi connectivity index (χ0n) is 19.1. The predicted octanol–water partition coefficient (Wildman–Crippen LogP) is 9.53. The number of hydrogen-bond donors (Lipinski definition) is 0. The average molecular weight is 535 g/mol. The van der Waals surface area contributed by atoms with E-state index in [0.29, 0.717) is 0 Å². The first kappa shape index (κ1) is 21.0. The van der Waals surface area contributed by atoms with Crippen molar-refractivity contribution in [2.75, 3.05) is 0 Å². The van der Waals surface area contributed by atoms with Gasteiger partial charge in [-0.15, -0.1) is 0 Å². The number of halogens is 2. The number of aromatic nitrogens is 1. The lowest BCUT2D eigenvalue weighted by Gasteiger charge is -2.28. The number of benzene rings is 5. The second-order valence-electron chi connectivity index (χ2n) is 9.37. The SMILES string of the molecule is CC1(c2ccccc2)c2cc(Br)ccc2-c2c1ccc1c3ccccc3n(-c3ccccc3Cl)c21. The van der Waals surface area contributed by atoms with Crippen molar-refractivity contribution in [3.05, 3.63) is 135 Å². The molecule has 0 saturated carbocycles. The van der Waals surface area contributed by atoms with Gasteiger partial charge in [-0.25, -0.2) is 0 Å². The van der Waals surface area contributed by atoms with E-state index in [-0.39, 0.29) is 5.41 Å². The summed E-state index contributed by atoms with van der Waals surface area (Å²) in [4.78, 5) is 0. The smallest absolute Gasteiger partial charge is 0.0648 e. The van der Waals surface area contributed by atoms with Crippen LogP contribution < -0.4 is 0 Å². The third-order valence-electron chi connectivity index (χ3n) is 7.61. The highest BCUT2D eigenvalue weighted by molar-refractivity contribution is 9.10. The summed E-state index contributed by atoms with van der Waals surface area (Å²) < 4.78 is 3.45. The summed E-state index contributed by atoms with van der Waals surface area (Å²) in [5, 5.41) is 3.22. The monoisotopic (exact) mass is 533 g/mol. The number of rotatable bonds is 2. The minimum absolute atomic E-state index is 0.272. The first-order valence-corrected chi connectivity index (χ1v) is 12.9. The van der Waals surface area contributed by atoms with E-state index >= 15 is 0 Å². The van der Waals surface area contributed by atoms with Gasteiger partial charge in [0.1, 0.15) is 0 Å². The number of nitrogens with zero attached hydrogens (tertiary/aromatic N) is 1. The lowest BCUT2D eigenvalue weighted by molar-refractivity contribution is 0.714. The Morgan fingerprint density at radius 1 is 0.714 bits per heavy atom. The zero-order chi connectivity index (χ0) is 23.7. The highest BCUT2D eigenvalue weighted by Gasteiger charge is 2.42. The van der Waals surface area contributed by atoms with Crippen molar-refractivity contribution in [3.63, 3.8) is 0 Å². The maximum Gasteiger partial charge on any atom is 0.0648 e. The summed E-state index contributed by atoms with van der Waals surface area (Å²) >= 11 is 10.6. The molecule has 168 valence electrons. The lowest BCUT2D eigenvalue weighted by Crippen LogP contribution is -2.22. The van der Waals surface area contributed by atoms with Crippen LogP contribution in [0, 0.1) is 0 Å². The fourth-order valence-corrected chi connectivity index (χ4v) is 6.59. The standard InChI is InChI=1S/C32H21BrClN/c1-32(20-9-3-2-4-10-20)25-18-17-23-22-11-5-7-13-28(22)35(29-14-8-6-12-27(29)34)31(23)30(25)24-16-15-21(33)19-26(24)32/h2-19H,1H3. The van der Waals surface area contributed by atoms with Crippen LogP contribution in [0.3, 0.4) is 0 Å². The maximum atomic E-state index is 6.81.